The Kier molecular flexibility index (Phi) is 3.61. The molecule has 6 fully saturated rings. The highest BCUT2D eigenvalue weighted by atomic mass is 35.5. The first-order chi connectivity index (χ1) is 14.5. The number of fused-ring (bicyclic) bond motifs is 5. The largest absolute Gasteiger partial charge is 0.274 e. The standard InChI is InChI=1S/C25H23Cl2NO2/c26-15-8-16(27)10-17(9-15)28-24(29)22-18-1-2-19(23(22)25(28)30)21(18)20-13-4-11-3-12(6-13)7-14(20)5-11/h1-2,8-14,18-19,22-23H,3-7H2/t11?,12?,13?,14?,18-,19-,22-,23+/m0/s1. The number of amides is 2. The van der Waals surface area contributed by atoms with Gasteiger partial charge in [-0.15, -0.1) is 0 Å². The van der Waals surface area contributed by atoms with Crippen molar-refractivity contribution in [3.8, 4) is 0 Å². The number of carbonyl (C=O) groups excluding carboxylic acids is 2. The smallest absolute Gasteiger partial charge is 0.238 e. The number of imide groups is 1. The lowest BCUT2D eigenvalue weighted by atomic mass is 9.53. The zero-order chi connectivity index (χ0) is 20.3. The summed E-state index contributed by atoms with van der Waals surface area (Å²) in [5, 5.41) is 0.875. The summed E-state index contributed by atoms with van der Waals surface area (Å²) in [6.07, 6.45) is 11.2. The van der Waals surface area contributed by atoms with Gasteiger partial charge in [0.2, 0.25) is 11.8 Å². The van der Waals surface area contributed by atoms with Crippen LogP contribution in [0, 0.1) is 47.3 Å². The molecule has 30 heavy (non-hydrogen) atoms. The second kappa shape index (κ2) is 6.01. The van der Waals surface area contributed by atoms with Crippen LogP contribution in [0.2, 0.25) is 10.0 Å². The zero-order valence-electron chi connectivity index (χ0n) is 16.6. The summed E-state index contributed by atoms with van der Waals surface area (Å²) in [6, 6.07) is 4.95. The Morgan fingerprint density at radius 2 is 1.20 bits per heavy atom. The van der Waals surface area contributed by atoms with E-state index in [0.29, 0.717) is 27.6 Å². The van der Waals surface area contributed by atoms with E-state index < -0.39 is 0 Å². The predicted octanol–water partition coefficient (Wildman–Crippen LogP) is 5.67. The van der Waals surface area contributed by atoms with Gasteiger partial charge in [0, 0.05) is 21.9 Å². The van der Waals surface area contributed by atoms with Gasteiger partial charge in [-0.3, -0.25) is 9.59 Å². The minimum absolute atomic E-state index is 0.0814. The quantitative estimate of drug-likeness (QED) is 0.417. The number of hydrogen-bond donors (Lipinski definition) is 0. The van der Waals surface area contributed by atoms with Crippen LogP contribution in [-0.2, 0) is 9.59 Å². The van der Waals surface area contributed by atoms with Crippen LogP contribution in [0.5, 0.6) is 0 Å². The summed E-state index contributed by atoms with van der Waals surface area (Å²) in [5.74, 6) is 2.75. The number of hydrogen-bond acceptors (Lipinski definition) is 2. The molecule has 3 nitrogen and oxygen atoms in total. The Hall–Kier alpha value is -1.58. The van der Waals surface area contributed by atoms with Crippen LogP contribution >= 0.6 is 23.2 Å². The van der Waals surface area contributed by atoms with E-state index >= 15 is 0 Å². The number of halogens is 2. The molecule has 1 heterocycles. The van der Waals surface area contributed by atoms with E-state index in [9.17, 15) is 9.59 Å². The van der Waals surface area contributed by atoms with Gasteiger partial charge >= 0.3 is 0 Å². The third kappa shape index (κ3) is 2.23. The van der Waals surface area contributed by atoms with Crippen molar-refractivity contribution in [2.75, 3.05) is 4.90 Å². The summed E-state index contributed by atoms with van der Waals surface area (Å²) in [4.78, 5) is 28.4. The van der Waals surface area contributed by atoms with Crippen molar-refractivity contribution >= 4 is 40.7 Å². The molecule has 7 aliphatic rings. The van der Waals surface area contributed by atoms with Crippen LogP contribution in [0.4, 0.5) is 5.69 Å². The highest BCUT2D eigenvalue weighted by Gasteiger charge is 2.63. The van der Waals surface area contributed by atoms with Gasteiger partial charge in [-0.1, -0.05) is 46.5 Å². The van der Waals surface area contributed by atoms with Crippen molar-refractivity contribution in [2.24, 2.45) is 47.3 Å². The lowest BCUT2D eigenvalue weighted by Crippen LogP contribution is -2.41. The van der Waals surface area contributed by atoms with Crippen molar-refractivity contribution in [1.82, 2.24) is 0 Å². The van der Waals surface area contributed by atoms with Crippen molar-refractivity contribution in [3.63, 3.8) is 0 Å². The molecule has 0 radical (unpaired) electrons. The molecular formula is C25H23Cl2NO2. The van der Waals surface area contributed by atoms with E-state index in [2.05, 4.69) is 12.2 Å². The number of anilines is 1. The fraction of sp³-hybridized carbons (Fsp3) is 0.520. The molecule has 0 spiro atoms. The topological polar surface area (TPSA) is 37.4 Å². The van der Waals surface area contributed by atoms with Gasteiger partial charge in [0.15, 0.2) is 0 Å². The molecule has 0 unspecified atom stereocenters. The van der Waals surface area contributed by atoms with Crippen molar-refractivity contribution in [1.29, 1.82) is 0 Å². The van der Waals surface area contributed by atoms with Crippen LogP contribution in [0.3, 0.4) is 0 Å². The maximum absolute atomic E-state index is 13.5. The van der Waals surface area contributed by atoms with Crippen molar-refractivity contribution < 1.29 is 9.59 Å². The minimum atomic E-state index is -0.259. The van der Waals surface area contributed by atoms with E-state index in [1.54, 1.807) is 23.8 Å². The van der Waals surface area contributed by atoms with Crippen LogP contribution in [-0.4, -0.2) is 11.8 Å². The van der Waals surface area contributed by atoms with E-state index in [4.69, 9.17) is 23.2 Å². The monoisotopic (exact) mass is 439 g/mol. The van der Waals surface area contributed by atoms with Crippen LogP contribution in [0.15, 0.2) is 41.5 Å². The van der Waals surface area contributed by atoms with Gasteiger partial charge in [0.25, 0.3) is 0 Å². The first-order valence-corrected chi connectivity index (χ1v) is 12.0. The van der Waals surface area contributed by atoms with Gasteiger partial charge in [0.05, 0.1) is 17.5 Å². The fourth-order valence-corrected chi connectivity index (χ4v) is 8.75. The first kappa shape index (κ1) is 18.0. The Balaban J connectivity index is 1.29. The van der Waals surface area contributed by atoms with Crippen LogP contribution in [0.1, 0.15) is 32.1 Å². The average molecular weight is 440 g/mol. The van der Waals surface area contributed by atoms with Gasteiger partial charge in [-0.25, -0.2) is 4.90 Å². The number of rotatable bonds is 1. The Bertz CT molecular complexity index is 989. The predicted molar refractivity (Wildman–Crippen MR) is 116 cm³/mol. The van der Waals surface area contributed by atoms with E-state index in [-0.39, 0.29) is 35.5 Å². The molecule has 5 saturated carbocycles. The average Bonchev–Trinajstić information content (AvgIpc) is 3.30. The number of carbonyl (C=O) groups is 2. The van der Waals surface area contributed by atoms with Crippen LogP contribution in [0.25, 0.3) is 0 Å². The summed E-state index contributed by atoms with van der Waals surface area (Å²) >= 11 is 12.3. The Morgan fingerprint density at radius 1 is 0.700 bits per heavy atom. The third-order valence-electron chi connectivity index (χ3n) is 8.87. The lowest BCUT2D eigenvalue weighted by molar-refractivity contribution is -0.122. The second-order valence-electron chi connectivity index (χ2n) is 10.3. The normalized spacial score (nSPS) is 42.8. The van der Waals surface area contributed by atoms with Crippen molar-refractivity contribution in [3.05, 3.63) is 51.5 Å². The molecule has 0 N–H and O–H groups in total. The molecule has 5 heteroatoms. The maximum atomic E-state index is 13.5. The molecule has 1 aliphatic heterocycles. The van der Waals surface area contributed by atoms with Gasteiger partial charge in [0.1, 0.15) is 0 Å². The number of benzene rings is 1. The van der Waals surface area contributed by atoms with E-state index in [1.165, 1.54) is 42.6 Å². The van der Waals surface area contributed by atoms with E-state index in [0.717, 1.165) is 11.8 Å². The molecule has 0 aromatic heterocycles. The molecule has 154 valence electrons. The Labute approximate surface area is 186 Å². The lowest BCUT2D eigenvalue weighted by Gasteiger charge is -2.52. The molecule has 6 aliphatic carbocycles. The first-order valence-electron chi connectivity index (χ1n) is 11.3. The maximum Gasteiger partial charge on any atom is 0.238 e. The summed E-state index contributed by atoms with van der Waals surface area (Å²) in [7, 11) is 0. The highest BCUT2D eigenvalue weighted by molar-refractivity contribution is 6.35. The number of allylic oxidation sites excluding steroid dienone is 4. The Morgan fingerprint density at radius 3 is 1.70 bits per heavy atom. The molecule has 1 aromatic rings. The fourth-order valence-electron chi connectivity index (χ4n) is 8.23. The highest BCUT2D eigenvalue weighted by Crippen LogP contribution is 2.64. The zero-order valence-corrected chi connectivity index (χ0v) is 18.1. The van der Waals surface area contributed by atoms with E-state index in [1.807, 2.05) is 0 Å². The molecular weight excluding hydrogens is 417 g/mol. The van der Waals surface area contributed by atoms with Crippen molar-refractivity contribution in [2.45, 2.75) is 32.1 Å². The number of nitrogens with zero attached hydrogens (tertiary/aromatic N) is 1. The third-order valence-corrected chi connectivity index (χ3v) is 9.31. The molecule has 1 saturated heterocycles. The SMILES string of the molecule is O=C1[C@@H]2[C@H](C(=O)N1c1cc(Cl)cc(Cl)c1)[C@H]1C=C[C@H]2C1=C1C2CC3CC(C2)CC1C3. The van der Waals surface area contributed by atoms with Crippen LogP contribution < -0.4 is 4.90 Å². The molecule has 6 bridgehead atoms. The molecule has 1 aromatic carbocycles. The van der Waals surface area contributed by atoms with Gasteiger partial charge in [-0.05, 0) is 74.0 Å². The summed E-state index contributed by atoms with van der Waals surface area (Å²) in [5.41, 5.74) is 3.62. The second-order valence-corrected chi connectivity index (χ2v) is 11.2. The summed E-state index contributed by atoms with van der Waals surface area (Å²) in [6.45, 7) is 0. The summed E-state index contributed by atoms with van der Waals surface area (Å²) < 4.78 is 0. The molecule has 8 rings (SSSR count). The molecule has 2 amide bonds. The van der Waals surface area contributed by atoms with Gasteiger partial charge < -0.3 is 0 Å². The van der Waals surface area contributed by atoms with Gasteiger partial charge in [-0.2, -0.15) is 0 Å². The molecule has 4 atom stereocenters. The minimum Gasteiger partial charge on any atom is -0.274 e.